The predicted molar refractivity (Wildman–Crippen MR) is 65.9 cm³/mol. The van der Waals surface area contributed by atoms with Crippen molar-refractivity contribution >= 4 is 27.0 Å². The van der Waals surface area contributed by atoms with E-state index in [1.807, 2.05) is 0 Å². The maximum Gasteiger partial charge on any atom is 0.107 e. The fourth-order valence-corrected chi connectivity index (χ4v) is 2.26. The van der Waals surface area contributed by atoms with Crippen molar-refractivity contribution in [3.63, 3.8) is 0 Å². The normalized spacial score (nSPS) is 11.1. The van der Waals surface area contributed by atoms with Crippen molar-refractivity contribution in [1.29, 1.82) is 0 Å². The Bertz CT molecular complexity index is 476. The monoisotopic (exact) mass is 267 g/mol. The number of aromatic amines is 1. The van der Waals surface area contributed by atoms with E-state index >= 15 is 0 Å². The van der Waals surface area contributed by atoms with E-state index in [-0.39, 0.29) is 0 Å². The Balaban J connectivity index is 2.41. The minimum absolute atomic E-state index is 0.708. The van der Waals surface area contributed by atoms with Crippen LogP contribution in [0, 0.1) is 6.92 Å². The number of nitrogens with zero attached hydrogens (tertiary/aromatic N) is 1. The Hall–Kier alpha value is -0.870. The van der Waals surface area contributed by atoms with Gasteiger partial charge in [-0.25, -0.2) is 4.98 Å². The van der Waals surface area contributed by atoms with Crippen LogP contribution in [0.4, 0.5) is 0 Å². The molecule has 0 amide bonds. The number of nitrogens with two attached hydrogens (primary N) is 1. The molecular formula is C11H14BrN3. The predicted octanol–water partition coefficient (Wildman–Crippen LogP) is 2.53. The van der Waals surface area contributed by atoms with E-state index in [2.05, 4.69) is 45.0 Å². The van der Waals surface area contributed by atoms with Crippen LogP contribution in [-0.4, -0.2) is 16.5 Å². The lowest BCUT2D eigenvalue weighted by Gasteiger charge is -1.94. The molecule has 3 N–H and O–H groups in total. The number of aromatic nitrogens is 2. The first-order chi connectivity index (χ1) is 7.20. The number of halogens is 1. The van der Waals surface area contributed by atoms with Crippen LogP contribution in [0.25, 0.3) is 11.0 Å². The van der Waals surface area contributed by atoms with Gasteiger partial charge in [-0.1, -0.05) is 15.9 Å². The van der Waals surface area contributed by atoms with E-state index in [9.17, 15) is 0 Å². The van der Waals surface area contributed by atoms with Crippen LogP contribution >= 0.6 is 15.9 Å². The molecule has 0 unspecified atom stereocenters. The molecule has 3 nitrogen and oxygen atoms in total. The molecule has 0 radical (unpaired) electrons. The van der Waals surface area contributed by atoms with Crippen molar-refractivity contribution in [2.24, 2.45) is 5.73 Å². The van der Waals surface area contributed by atoms with Gasteiger partial charge in [-0.3, -0.25) is 0 Å². The Morgan fingerprint density at radius 3 is 3.00 bits per heavy atom. The molecular weight excluding hydrogens is 254 g/mol. The third kappa shape index (κ3) is 2.21. The highest BCUT2D eigenvalue weighted by Gasteiger charge is 2.05. The lowest BCUT2D eigenvalue weighted by atomic mass is 10.2. The van der Waals surface area contributed by atoms with Crippen LogP contribution in [-0.2, 0) is 6.42 Å². The Labute approximate surface area is 97.2 Å². The molecule has 1 aromatic carbocycles. The minimum atomic E-state index is 0.708. The SMILES string of the molecule is Cc1cc(Br)cc2[nH]c(CCCN)nc12. The van der Waals surface area contributed by atoms with Crippen molar-refractivity contribution in [2.45, 2.75) is 19.8 Å². The van der Waals surface area contributed by atoms with Gasteiger partial charge in [0, 0.05) is 10.9 Å². The second-order valence-corrected chi connectivity index (χ2v) is 4.61. The fraction of sp³-hybridized carbons (Fsp3) is 0.364. The second-order valence-electron chi connectivity index (χ2n) is 3.69. The number of imidazole rings is 1. The number of H-pyrrole nitrogens is 1. The van der Waals surface area contributed by atoms with Gasteiger partial charge < -0.3 is 10.7 Å². The molecule has 1 heterocycles. The first-order valence-electron chi connectivity index (χ1n) is 5.05. The molecule has 0 spiro atoms. The molecule has 0 saturated heterocycles. The van der Waals surface area contributed by atoms with Gasteiger partial charge in [-0.05, 0) is 37.6 Å². The lowest BCUT2D eigenvalue weighted by molar-refractivity contribution is 0.796. The molecule has 2 rings (SSSR count). The quantitative estimate of drug-likeness (QED) is 0.898. The Kier molecular flexibility index (Phi) is 3.07. The molecule has 0 aliphatic carbocycles. The molecule has 15 heavy (non-hydrogen) atoms. The highest BCUT2D eigenvalue weighted by molar-refractivity contribution is 9.10. The third-order valence-corrected chi connectivity index (χ3v) is 2.87. The van der Waals surface area contributed by atoms with Crippen LogP contribution in [0.1, 0.15) is 17.8 Å². The molecule has 0 fully saturated rings. The van der Waals surface area contributed by atoms with Crippen LogP contribution in [0.5, 0.6) is 0 Å². The van der Waals surface area contributed by atoms with Crippen molar-refractivity contribution in [3.8, 4) is 0 Å². The summed E-state index contributed by atoms with van der Waals surface area (Å²) >= 11 is 3.48. The van der Waals surface area contributed by atoms with Crippen molar-refractivity contribution in [2.75, 3.05) is 6.54 Å². The average Bonchev–Trinajstić information content (AvgIpc) is 2.57. The summed E-state index contributed by atoms with van der Waals surface area (Å²) in [5.41, 5.74) is 8.82. The summed E-state index contributed by atoms with van der Waals surface area (Å²) in [6.45, 7) is 2.78. The maximum atomic E-state index is 5.48. The fourth-order valence-electron chi connectivity index (χ4n) is 1.69. The van der Waals surface area contributed by atoms with E-state index in [1.54, 1.807) is 0 Å². The van der Waals surface area contributed by atoms with Gasteiger partial charge in [0.15, 0.2) is 0 Å². The molecule has 0 atom stereocenters. The summed E-state index contributed by atoms with van der Waals surface area (Å²) < 4.78 is 1.08. The van der Waals surface area contributed by atoms with Crippen LogP contribution in [0.3, 0.4) is 0 Å². The number of hydrogen-bond acceptors (Lipinski definition) is 2. The molecule has 0 bridgehead atoms. The highest BCUT2D eigenvalue weighted by Crippen LogP contribution is 2.22. The first kappa shape index (κ1) is 10.6. The number of nitrogens with one attached hydrogen (secondary N) is 1. The summed E-state index contributed by atoms with van der Waals surface area (Å²) in [6.07, 6.45) is 1.89. The zero-order chi connectivity index (χ0) is 10.8. The van der Waals surface area contributed by atoms with Gasteiger partial charge in [-0.15, -0.1) is 0 Å². The summed E-state index contributed by atoms with van der Waals surface area (Å²) in [5.74, 6) is 1.02. The van der Waals surface area contributed by atoms with E-state index in [1.165, 1.54) is 5.56 Å². The van der Waals surface area contributed by atoms with Gasteiger partial charge in [0.05, 0.1) is 11.0 Å². The molecule has 4 heteroatoms. The number of benzene rings is 1. The van der Waals surface area contributed by atoms with Crippen LogP contribution < -0.4 is 5.73 Å². The summed E-state index contributed by atoms with van der Waals surface area (Å²) in [7, 11) is 0. The van der Waals surface area contributed by atoms with Crippen LogP contribution in [0.15, 0.2) is 16.6 Å². The molecule has 0 saturated carbocycles. The Morgan fingerprint density at radius 2 is 2.27 bits per heavy atom. The Morgan fingerprint density at radius 1 is 1.47 bits per heavy atom. The lowest BCUT2D eigenvalue weighted by Crippen LogP contribution is -2.01. The summed E-state index contributed by atoms with van der Waals surface area (Å²) in [5, 5.41) is 0. The molecule has 80 valence electrons. The summed E-state index contributed by atoms with van der Waals surface area (Å²) in [6, 6.07) is 4.14. The van der Waals surface area contributed by atoms with Gasteiger partial charge >= 0.3 is 0 Å². The zero-order valence-electron chi connectivity index (χ0n) is 8.68. The van der Waals surface area contributed by atoms with Gasteiger partial charge in [-0.2, -0.15) is 0 Å². The summed E-state index contributed by atoms with van der Waals surface area (Å²) in [4.78, 5) is 7.87. The number of fused-ring (bicyclic) bond motifs is 1. The first-order valence-corrected chi connectivity index (χ1v) is 5.85. The van der Waals surface area contributed by atoms with Crippen molar-refractivity contribution < 1.29 is 0 Å². The van der Waals surface area contributed by atoms with E-state index in [0.29, 0.717) is 6.54 Å². The van der Waals surface area contributed by atoms with Gasteiger partial charge in [0.25, 0.3) is 0 Å². The zero-order valence-corrected chi connectivity index (χ0v) is 10.3. The van der Waals surface area contributed by atoms with Gasteiger partial charge in [0.1, 0.15) is 5.82 Å². The molecule has 2 aromatic rings. The van der Waals surface area contributed by atoms with E-state index in [0.717, 1.165) is 34.2 Å². The van der Waals surface area contributed by atoms with Crippen LogP contribution in [0.2, 0.25) is 0 Å². The van der Waals surface area contributed by atoms with Crippen molar-refractivity contribution in [3.05, 3.63) is 28.0 Å². The smallest absolute Gasteiger partial charge is 0.107 e. The molecule has 0 aliphatic heterocycles. The van der Waals surface area contributed by atoms with Gasteiger partial charge in [0.2, 0.25) is 0 Å². The molecule has 1 aromatic heterocycles. The number of rotatable bonds is 3. The standard InChI is InChI=1S/C11H14BrN3/c1-7-5-8(12)6-9-11(7)15-10(14-9)3-2-4-13/h5-6H,2-4,13H2,1H3,(H,14,15). The maximum absolute atomic E-state index is 5.48. The number of hydrogen-bond donors (Lipinski definition) is 2. The van der Waals surface area contributed by atoms with E-state index in [4.69, 9.17) is 5.73 Å². The topological polar surface area (TPSA) is 54.7 Å². The third-order valence-electron chi connectivity index (χ3n) is 2.41. The van der Waals surface area contributed by atoms with Crippen molar-refractivity contribution in [1.82, 2.24) is 9.97 Å². The largest absolute Gasteiger partial charge is 0.342 e. The van der Waals surface area contributed by atoms with E-state index < -0.39 is 0 Å². The average molecular weight is 268 g/mol. The highest BCUT2D eigenvalue weighted by atomic mass is 79.9. The number of aryl methyl sites for hydroxylation is 2. The second kappa shape index (κ2) is 4.33. The molecule has 0 aliphatic rings. The minimum Gasteiger partial charge on any atom is -0.342 e.